The van der Waals surface area contributed by atoms with Gasteiger partial charge in [0.2, 0.25) is 0 Å². The molecule has 0 saturated carbocycles. The van der Waals surface area contributed by atoms with Gasteiger partial charge in [0.05, 0.1) is 0 Å². The van der Waals surface area contributed by atoms with Crippen molar-refractivity contribution in [2.24, 2.45) is 0 Å². The molecule has 7 heteroatoms. The van der Waals surface area contributed by atoms with Crippen LogP contribution in [0.3, 0.4) is 0 Å². The van der Waals surface area contributed by atoms with Crippen LogP contribution in [-0.4, -0.2) is 17.5 Å². The van der Waals surface area contributed by atoms with Gasteiger partial charge in [-0.25, -0.2) is 0 Å². The summed E-state index contributed by atoms with van der Waals surface area (Å²) in [6.45, 7) is 0. The van der Waals surface area contributed by atoms with E-state index in [1.807, 2.05) is 0 Å². The maximum atomic E-state index is 8.52. The van der Waals surface area contributed by atoms with Crippen molar-refractivity contribution in [2.75, 3.05) is 0 Å². The SMILES string of the molecule is O=S(=O)([O-])[O-].[Nb+4].[O-2]. The van der Waals surface area contributed by atoms with E-state index in [4.69, 9.17) is 17.5 Å². The van der Waals surface area contributed by atoms with Crippen molar-refractivity contribution in [2.45, 2.75) is 0 Å². The van der Waals surface area contributed by atoms with Crippen LogP contribution in [0, 0.1) is 0 Å². The van der Waals surface area contributed by atoms with Gasteiger partial charge >= 0.3 is 22.4 Å². The molecule has 0 bridgehead atoms. The summed E-state index contributed by atoms with van der Waals surface area (Å²) in [5.41, 5.74) is 0. The molecule has 0 saturated heterocycles. The van der Waals surface area contributed by atoms with Gasteiger partial charge < -0.3 is 14.6 Å². The zero-order valence-electron chi connectivity index (χ0n) is 2.90. The summed E-state index contributed by atoms with van der Waals surface area (Å²) in [4.78, 5) is 0. The minimum atomic E-state index is -5.17. The second-order valence-electron chi connectivity index (χ2n) is 0.408. The fourth-order valence-corrected chi connectivity index (χ4v) is 0. The van der Waals surface area contributed by atoms with E-state index < -0.39 is 10.4 Å². The van der Waals surface area contributed by atoms with Gasteiger partial charge in [-0.2, -0.15) is 0 Å². The standard InChI is InChI=1S/Nb.H2O4S.O/c;1-5(2,3)4;/h;(H2,1,2,3,4);/q+4;;-2/p-2. The minimum absolute atomic E-state index is 0. The van der Waals surface area contributed by atoms with Gasteiger partial charge in [0.15, 0.2) is 0 Å². The number of hydrogen-bond donors (Lipinski definition) is 0. The van der Waals surface area contributed by atoms with E-state index in [1.54, 1.807) is 0 Å². The molecule has 0 fully saturated rings. The normalized spacial score (nSPS) is 8.29. The summed E-state index contributed by atoms with van der Waals surface area (Å²) in [7, 11) is -5.17. The fraction of sp³-hybridized carbons (Fsp3) is 0. The summed E-state index contributed by atoms with van der Waals surface area (Å²) in [6.07, 6.45) is 0. The van der Waals surface area contributed by atoms with E-state index in [1.165, 1.54) is 0 Å². The average molecular weight is 205 g/mol. The Hall–Kier alpha value is 0.570. The van der Waals surface area contributed by atoms with E-state index in [0.29, 0.717) is 0 Å². The Balaban J connectivity index is -0.0000000800. The van der Waals surface area contributed by atoms with E-state index in [-0.39, 0.29) is 27.9 Å². The van der Waals surface area contributed by atoms with Crippen molar-refractivity contribution in [1.29, 1.82) is 0 Å². The Morgan fingerprint density at radius 3 is 1.14 bits per heavy atom. The summed E-state index contributed by atoms with van der Waals surface area (Å²) in [5, 5.41) is 0. The molecule has 0 N–H and O–H groups in total. The van der Waals surface area contributed by atoms with Gasteiger partial charge in [0, 0.05) is 10.4 Å². The monoisotopic (exact) mass is 205 g/mol. The minimum Gasteiger partial charge on any atom is -2.00 e. The van der Waals surface area contributed by atoms with Gasteiger partial charge in [-0.3, -0.25) is 8.42 Å². The first-order valence-electron chi connectivity index (χ1n) is 0.667. The predicted octanol–water partition coefficient (Wildman–Crippen LogP) is -1.46. The largest absolute Gasteiger partial charge is 4.00 e. The third-order valence-corrected chi connectivity index (χ3v) is 0. The van der Waals surface area contributed by atoms with Crippen LogP contribution >= 0.6 is 0 Å². The molecule has 0 atom stereocenters. The van der Waals surface area contributed by atoms with Crippen molar-refractivity contribution >= 4 is 10.4 Å². The second-order valence-corrected chi connectivity index (χ2v) is 1.22. The van der Waals surface area contributed by atoms with Crippen molar-refractivity contribution in [3.8, 4) is 0 Å². The van der Waals surface area contributed by atoms with Gasteiger partial charge in [-0.05, 0) is 0 Å². The molecule has 0 amide bonds. The Kier molecular flexibility index (Phi) is 10.6. The first-order chi connectivity index (χ1) is 2.00. The molecule has 0 rings (SSSR count). The number of rotatable bonds is 0. The van der Waals surface area contributed by atoms with Gasteiger partial charge in [0.25, 0.3) is 0 Å². The molecule has 1 radical (unpaired) electrons. The maximum Gasteiger partial charge on any atom is 4.00 e. The fourth-order valence-electron chi connectivity index (χ4n) is 0. The predicted molar refractivity (Wildman–Crippen MR) is 11.2 cm³/mol. The molecule has 0 aliphatic rings. The Morgan fingerprint density at radius 2 is 1.14 bits per heavy atom. The molecule has 0 aliphatic carbocycles. The van der Waals surface area contributed by atoms with Crippen LogP contribution in [0.25, 0.3) is 0 Å². The molecular formula is NbO5S. The topological polar surface area (TPSA) is 109 Å². The molecular weight excluding hydrogens is 205 g/mol. The Bertz CT molecular complexity index is 91.2. The summed E-state index contributed by atoms with van der Waals surface area (Å²) < 4.78 is 34.1. The average Bonchev–Trinajstić information content (AvgIpc) is 0.722. The van der Waals surface area contributed by atoms with Crippen molar-refractivity contribution in [3.63, 3.8) is 0 Å². The first kappa shape index (κ1) is 15.6. The summed E-state index contributed by atoms with van der Waals surface area (Å²) in [6, 6.07) is 0. The van der Waals surface area contributed by atoms with Crippen LogP contribution in [0.2, 0.25) is 0 Å². The van der Waals surface area contributed by atoms with Crippen molar-refractivity contribution < 1.29 is 45.4 Å². The summed E-state index contributed by atoms with van der Waals surface area (Å²) >= 11 is 0. The zero-order valence-corrected chi connectivity index (χ0v) is 5.91. The van der Waals surface area contributed by atoms with E-state index in [9.17, 15) is 0 Å². The maximum absolute atomic E-state index is 8.52. The van der Waals surface area contributed by atoms with Crippen LogP contribution in [-0.2, 0) is 38.3 Å². The number of hydrogen-bond acceptors (Lipinski definition) is 4. The molecule has 0 heterocycles. The van der Waals surface area contributed by atoms with Crippen LogP contribution in [0.4, 0.5) is 0 Å². The summed E-state index contributed by atoms with van der Waals surface area (Å²) in [5.74, 6) is 0. The third kappa shape index (κ3) is 422. The van der Waals surface area contributed by atoms with Crippen LogP contribution in [0.5, 0.6) is 0 Å². The zero-order chi connectivity index (χ0) is 4.50. The first-order valence-corrected chi connectivity index (χ1v) is 2.00. The molecule has 0 aromatic carbocycles. The van der Waals surface area contributed by atoms with Gasteiger partial charge in [-0.15, -0.1) is 0 Å². The molecule has 0 aromatic rings. The van der Waals surface area contributed by atoms with Crippen LogP contribution in [0.1, 0.15) is 0 Å². The molecule has 7 heavy (non-hydrogen) atoms. The van der Waals surface area contributed by atoms with Crippen molar-refractivity contribution in [1.82, 2.24) is 0 Å². The van der Waals surface area contributed by atoms with Crippen LogP contribution < -0.4 is 0 Å². The van der Waals surface area contributed by atoms with E-state index in [0.717, 1.165) is 0 Å². The Labute approximate surface area is 56.1 Å². The molecule has 0 unspecified atom stereocenters. The van der Waals surface area contributed by atoms with Crippen molar-refractivity contribution in [3.05, 3.63) is 0 Å². The quantitative estimate of drug-likeness (QED) is 0.273. The Morgan fingerprint density at radius 1 is 1.14 bits per heavy atom. The molecule has 0 aromatic heterocycles. The van der Waals surface area contributed by atoms with Gasteiger partial charge in [0.1, 0.15) is 0 Å². The van der Waals surface area contributed by atoms with E-state index in [2.05, 4.69) is 0 Å². The molecule has 5 nitrogen and oxygen atoms in total. The molecule has 0 spiro atoms. The third-order valence-electron chi connectivity index (χ3n) is 0. The van der Waals surface area contributed by atoms with Gasteiger partial charge in [-0.1, -0.05) is 0 Å². The molecule has 41 valence electrons. The van der Waals surface area contributed by atoms with E-state index >= 15 is 0 Å². The van der Waals surface area contributed by atoms with Crippen LogP contribution in [0.15, 0.2) is 0 Å². The smallest absolute Gasteiger partial charge is 2.00 e. The second kappa shape index (κ2) is 4.72. The molecule has 0 aliphatic heterocycles.